The smallest absolute Gasteiger partial charge is 0.353 e. The number of aliphatic hydroxyl groups excluding tert-OH is 1. The molecule has 4 atom stereocenters. The number of fused-ring (bicyclic) bond motifs is 1. The van der Waals surface area contributed by atoms with Crippen molar-refractivity contribution in [2.75, 3.05) is 19.6 Å². The minimum Gasteiger partial charge on any atom is -0.476 e. The lowest BCUT2D eigenvalue weighted by molar-refractivity contribution is -0.00557. The number of aliphatic hydroxyl groups is 1. The largest absolute Gasteiger partial charge is 0.476 e. The molecular weight excluding hydrogens is 363 g/mol. The van der Waals surface area contributed by atoms with Crippen LogP contribution in [-0.4, -0.2) is 61.3 Å². The maximum atomic E-state index is 11.7. The third kappa shape index (κ3) is 4.05. The molecule has 2 aromatic heterocycles. The van der Waals surface area contributed by atoms with E-state index in [0.29, 0.717) is 36.5 Å². The van der Waals surface area contributed by atoms with Gasteiger partial charge in [-0.3, -0.25) is 4.57 Å². The highest BCUT2D eigenvalue weighted by atomic mass is 31.2. The van der Waals surface area contributed by atoms with Crippen LogP contribution in [0.2, 0.25) is 0 Å². The highest BCUT2D eigenvalue weighted by Crippen LogP contribution is 2.43. The molecular formula is C15H23N4O6P. The number of nitrogens with zero attached hydrogens (tertiary/aromatic N) is 4. The highest BCUT2D eigenvalue weighted by Gasteiger charge is 2.37. The molecule has 0 bridgehead atoms. The van der Waals surface area contributed by atoms with Crippen molar-refractivity contribution in [3.05, 3.63) is 12.7 Å². The molecule has 1 aliphatic rings. The van der Waals surface area contributed by atoms with Gasteiger partial charge in [-0.05, 0) is 26.7 Å². The molecule has 1 saturated carbocycles. The van der Waals surface area contributed by atoms with Crippen molar-refractivity contribution in [2.24, 2.45) is 0 Å². The monoisotopic (exact) mass is 386 g/mol. The normalized spacial score (nSPS) is 25.5. The lowest BCUT2D eigenvalue weighted by Gasteiger charge is -2.18. The fourth-order valence-corrected chi connectivity index (χ4v) is 3.99. The van der Waals surface area contributed by atoms with Gasteiger partial charge >= 0.3 is 7.60 Å². The van der Waals surface area contributed by atoms with Crippen molar-refractivity contribution in [2.45, 2.75) is 44.9 Å². The average molecular weight is 386 g/mol. The number of hydrogen-bond donors (Lipinski definition) is 2. The summed E-state index contributed by atoms with van der Waals surface area (Å²) in [6, 6.07) is -0.102. The maximum Gasteiger partial charge on any atom is 0.353 e. The van der Waals surface area contributed by atoms with E-state index in [4.69, 9.17) is 14.0 Å². The molecule has 1 fully saturated rings. The summed E-state index contributed by atoms with van der Waals surface area (Å²) >= 11 is 0. The molecule has 0 saturated heterocycles. The topological polar surface area (TPSA) is 129 Å². The second kappa shape index (κ2) is 7.98. The van der Waals surface area contributed by atoms with Gasteiger partial charge in [-0.15, -0.1) is 0 Å². The van der Waals surface area contributed by atoms with Crippen LogP contribution < -0.4 is 4.74 Å². The van der Waals surface area contributed by atoms with Crippen molar-refractivity contribution in [1.82, 2.24) is 19.5 Å². The quantitative estimate of drug-likeness (QED) is 0.648. The van der Waals surface area contributed by atoms with Gasteiger partial charge in [0.05, 0.1) is 31.7 Å². The van der Waals surface area contributed by atoms with Gasteiger partial charge in [0.1, 0.15) is 12.7 Å². The van der Waals surface area contributed by atoms with Gasteiger partial charge in [-0.1, -0.05) is 0 Å². The fraction of sp³-hybridized carbons (Fsp3) is 0.667. The molecule has 0 aromatic carbocycles. The van der Waals surface area contributed by atoms with Gasteiger partial charge in [0.2, 0.25) is 5.88 Å². The Morgan fingerprint density at radius 3 is 2.81 bits per heavy atom. The molecule has 2 N–H and O–H groups in total. The summed E-state index contributed by atoms with van der Waals surface area (Å²) in [6.07, 6.45) is 2.17. The van der Waals surface area contributed by atoms with E-state index in [9.17, 15) is 14.6 Å². The number of ether oxygens (including phenoxy) is 2. The van der Waals surface area contributed by atoms with E-state index in [2.05, 4.69) is 15.0 Å². The van der Waals surface area contributed by atoms with Crippen molar-refractivity contribution in [1.29, 1.82) is 0 Å². The Kier molecular flexibility index (Phi) is 5.89. The summed E-state index contributed by atoms with van der Waals surface area (Å²) in [5.74, 6) is 0.417. The predicted octanol–water partition coefficient (Wildman–Crippen LogP) is 1.49. The van der Waals surface area contributed by atoms with Crippen LogP contribution in [0.25, 0.3) is 11.2 Å². The summed E-state index contributed by atoms with van der Waals surface area (Å²) in [5, 5.41) is 10.3. The Labute approximate surface area is 150 Å². The molecule has 0 radical (unpaired) electrons. The Bertz CT molecular complexity index is 800. The van der Waals surface area contributed by atoms with E-state index in [1.807, 2.05) is 11.5 Å². The lowest BCUT2D eigenvalue weighted by Crippen LogP contribution is -2.23. The third-order valence-corrected chi connectivity index (χ3v) is 5.37. The first kappa shape index (κ1) is 19.2. The van der Waals surface area contributed by atoms with E-state index in [0.717, 1.165) is 0 Å². The molecule has 0 amide bonds. The molecule has 11 heteroatoms. The van der Waals surface area contributed by atoms with Gasteiger partial charge in [-0.2, -0.15) is 4.98 Å². The molecule has 26 heavy (non-hydrogen) atoms. The molecule has 10 nitrogen and oxygen atoms in total. The molecule has 2 heterocycles. The first-order chi connectivity index (χ1) is 12.4. The summed E-state index contributed by atoms with van der Waals surface area (Å²) in [6.45, 7) is 4.09. The molecule has 0 aliphatic heterocycles. The Hall–Kier alpha value is -1.58. The zero-order valence-corrected chi connectivity index (χ0v) is 15.6. The third-order valence-electron chi connectivity index (χ3n) is 4.23. The fourth-order valence-electron chi connectivity index (χ4n) is 3.13. The lowest BCUT2D eigenvalue weighted by atomic mass is 10.2. The Morgan fingerprint density at radius 1 is 1.27 bits per heavy atom. The molecule has 144 valence electrons. The minimum absolute atomic E-state index is 0.102. The van der Waals surface area contributed by atoms with Crippen molar-refractivity contribution < 1.29 is 28.6 Å². The molecule has 1 aliphatic carbocycles. The first-order valence-corrected chi connectivity index (χ1v) is 10.3. The summed E-state index contributed by atoms with van der Waals surface area (Å²) in [7, 11) is -3.79. The standard InChI is InChI=1S/C15H23N4O6P/c1-3-23-15-13-14(16-7-17-15)19(8-18-13)10-5-11(20)12(6-10)24-9-26(21,22)25-4-2/h7-8,10-12,20H,3-6,9H2,1-2H3,(H,21,22)/t10-,11-,12-/m0/s1. The van der Waals surface area contributed by atoms with E-state index < -0.39 is 26.2 Å². The summed E-state index contributed by atoms with van der Waals surface area (Å²) in [5.41, 5.74) is 1.17. The van der Waals surface area contributed by atoms with Gasteiger partial charge in [0.15, 0.2) is 11.2 Å². The molecule has 3 rings (SSSR count). The summed E-state index contributed by atoms with van der Waals surface area (Å²) in [4.78, 5) is 22.3. The van der Waals surface area contributed by atoms with Gasteiger partial charge in [0.25, 0.3) is 0 Å². The summed E-state index contributed by atoms with van der Waals surface area (Å²) < 4.78 is 29.3. The number of rotatable bonds is 8. The van der Waals surface area contributed by atoms with Crippen LogP contribution in [0.4, 0.5) is 0 Å². The number of aromatic nitrogens is 4. The number of hydrogen-bond acceptors (Lipinski definition) is 8. The van der Waals surface area contributed by atoms with Crippen LogP contribution in [-0.2, 0) is 13.8 Å². The van der Waals surface area contributed by atoms with Gasteiger partial charge < -0.3 is 28.6 Å². The number of imidazole rings is 1. The van der Waals surface area contributed by atoms with Crippen molar-refractivity contribution in [3.8, 4) is 5.88 Å². The Balaban J connectivity index is 1.73. The van der Waals surface area contributed by atoms with Crippen LogP contribution in [0.3, 0.4) is 0 Å². The van der Waals surface area contributed by atoms with Crippen LogP contribution >= 0.6 is 7.60 Å². The van der Waals surface area contributed by atoms with E-state index in [1.54, 1.807) is 13.3 Å². The minimum atomic E-state index is -3.79. The Morgan fingerprint density at radius 2 is 2.08 bits per heavy atom. The van der Waals surface area contributed by atoms with Crippen LogP contribution in [0, 0.1) is 0 Å². The van der Waals surface area contributed by atoms with Crippen molar-refractivity contribution in [3.63, 3.8) is 0 Å². The highest BCUT2D eigenvalue weighted by molar-refractivity contribution is 7.52. The predicted molar refractivity (Wildman–Crippen MR) is 92.0 cm³/mol. The average Bonchev–Trinajstić information content (AvgIpc) is 3.17. The van der Waals surface area contributed by atoms with Crippen LogP contribution in [0.1, 0.15) is 32.7 Å². The first-order valence-electron chi connectivity index (χ1n) is 8.51. The zero-order chi connectivity index (χ0) is 18.7. The molecule has 1 unspecified atom stereocenters. The molecule has 0 spiro atoms. The van der Waals surface area contributed by atoms with Gasteiger partial charge in [-0.25, -0.2) is 9.97 Å². The second-order valence-corrected chi connectivity index (χ2v) is 7.81. The van der Waals surface area contributed by atoms with Crippen molar-refractivity contribution >= 4 is 18.8 Å². The van der Waals surface area contributed by atoms with Gasteiger partial charge in [0, 0.05) is 6.04 Å². The second-order valence-electron chi connectivity index (χ2n) is 6.02. The van der Waals surface area contributed by atoms with Crippen LogP contribution in [0.5, 0.6) is 5.88 Å². The zero-order valence-electron chi connectivity index (χ0n) is 14.7. The molecule has 2 aromatic rings. The SMILES string of the molecule is CCOc1ncnc2c1ncn2[C@@H]1C[C@H](OCP(=O)(O)OCC)[C@@H](O)C1. The van der Waals surface area contributed by atoms with E-state index in [-0.39, 0.29) is 12.6 Å². The maximum absolute atomic E-state index is 11.7. The van der Waals surface area contributed by atoms with Crippen LogP contribution in [0.15, 0.2) is 12.7 Å². The van der Waals surface area contributed by atoms with E-state index >= 15 is 0 Å². The van der Waals surface area contributed by atoms with E-state index in [1.165, 1.54) is 6.33 Å².